The fourth-order valence-electron chi connectivity index (χ4n) is 3.45. The number of pyridine rings is 1. The summed E-state index contributed by atoms with van der Waals surface area (Å²) < 4.78 is 3.68. The molecule has 0 aromatic carbocycles. The molecule has 0 saturated heterocycles. The Bertz CT molecular complexity index is 913. The quantitative estimate of drug-likeness (QED) is 0.730. The van der Waals surface area contributed by atoms with Gasteiger partial charge in [-0.15, -0.1) is 0 Å². The maximum atomic E-state index is 10.6. The molecule has 1 aliphatic heterocycles. The number of aromatic nitrogens is 5. The highest BCUT2D eigenvalue weighted by Crippen LogP contribution is 2.24. The lowest BCUT2D eigenvalue weighted by molar-refractivity contribution is 0.196. The van der Waals surface area contributed by atoms with Crippen LogP contribution in [0, 0.1) is 0 Å². The summed E-state index contributed by atoms with van der Waals surface area (Å²) in [5.41, 5.74) is 3.74. The zero-order valence-electron chi connectivity index (χ0n) is 15.9. The van der Waals surface area contributed by atoms with E-state index >= 15 is 0 Å². The van der Waals surface area contributed by atoms with Gasteiger partial charge in [0.1, 0.15) is 11.9 Å². The molecule has 1 unspecified atom stereocenters. The molecule has 27 heavy (non-hydrogen) atoms. The molecule has 8 heteroatoms. The largest absolute Gasteiger partial charge is 0.380 e. The fraction of sp³-hybridized carbons (Fsp3) is 0.421. The van der Waals surface area contributed by atoms with Crippen LogP contribution in [-0.4, -0.2) is 55.2 Å². The molecule has 0 amide bonds. The molecule has 0 fully saturated rings. The Labute approximate surface area is 158 Å². The topological polar surface area (TPSA) is 75.2 Å². The van der Waals surface area contributed by atoms with E-state index in [2.05, 4.69) is 26.1 Å². The second kappa shape index (κ2) is 7.13. The van der Waals surface area contributed by atoms with E-state index in [1.807, 2.05) is 55.1 Å². The highest BCUT2D eigenvalue weighted by Gasteiger charge is 2.23. The van der Waals surface area contributed by atoms with Gasteiger partial charge in [0.15, 0.2) is 0 Å². The molecule has 0 aliphatic carbocycles. The van der Waals surface area contributed by atoms with Crippen molar-refractivity contribution in [3.8, 4) is 0 Å². The predicted octanol–water partition coefficient (Wildman–Crippen LogP) is 1.18. The Kier molecular flexibility index (Phi) is 4.67. The first-order valence-corrected chi connectivity index (χ1v) is 9.08. The smallest absolute Gasteiger partial charge is 0.139 e. The van der Waals surface area contributed by atoms with Crippen LogP contribution in [0.3, 0.4) is 0 Å². The molecule has 1 N–H and O–H groups in total. The molecule has 0 radical (unpaired) electrons. The molecule has 1 aliphatic rings. The molecular weight excluding hydrogens is 342 g/mol. The summed E-state index contributed by atoms with van der Waals surface area (Å²) in [6, 6.07) is 7.99. The van der Waals surface area contributed by atoms with Crippen molar-refractivity contribution in [2.75, 3.05) is 25.5 Å². The third-order valence-electron chi connectivity index (χ3n) is 4.99. The number of aliphatic hydroxyl groups excluding tert-OH is 1. The number of hydrogen-bond acceptors (Lipinski definition) is 6. The van der Waals surface area contributed by atoms with Crippen molar-refractivity contribution in [1.82, 2.24) is 29.4 Å². The Balaban J connectivity index is 1.45. The van der Waals surface area contributed by atoms with Gasteiger partial charge in [-0.05, 0) is 23.8 Å². The van der Waals surface area contributed by atoms with Crippen molar-refractivity contribution in [1.29, 1.82) is 0 Å². The Morgan fingerprint density at radius 2 is 2.07 bits per heavy atom. The summed E-state index contributed by atoms with van der Waals surface area (Å²) in [7, 11) is 5.81. The van der Waals surface area contributed by atoms with Crippen LogP contribution in [0.4, 0.5) is 5.82 Å². The van der Waals surface area contributed by atoms with E-state index < -0.39 is 6.10 Å². The van der Waals surface area contributed by atoms with Gasteiger partial charge in [0.2, 0.25) is 0 Å². The second-order valence-corrected chi connectivity index (χ2v) is 7.20. The number of anilines is 1. The first-order chi connectivity index (χ1) is 13.0. The Morgan fingerprint density at radius 1 is 1.22 bits per heavy atom. The molecule has 8 nitrogen and oxygen atoms in total. The number of aryl methyl sites for hydroxylation is 1. The lowest BCUT2D eigenvalue weighted by Crippen LogP contribution is -2.33. The number of nitrogens with zero attached hydrogens (tertiary/aromatic N) is 7. The highest BCUT2D eigenvalue weighted by atomic mass is 16.3. The number of hydrogen-bond donors (Lipinski definition) is 1. The average molecular weight is 367 g/mol. The normalized spacial score (nSPS) is 15.6. The van der Waals surface area contributed by atoms with Crippen LogP contribution in [0.15, 0.2) is 36.7 Å². The molecular formula is C19H25N7O. The van der Waals surface area contributed by atoms with Crippen LogP contribution in [0.2, 0.25) is 0 Å². The minimum Gasteiger partial charge on any atom is -0.380 e. The van der Waals surface area contributed by atoms with Gasteiger partial charge in [-0.25, -0.2) is 4.98 Å². The number of rotatable bonds is 5. The lowest BCUT2D eigenvalue weighted by atomic mass is 10.1. The van der Waals surface area contributed by atoms with E-state index in [-0.39, 0.29) is 0 Å². The van der Waals surface area contributed by atoms with Crippen LogP contribution in [-0.2, 0) is 26.7 Å². The number of aliphatic hydroxyl groups is 1. The molecule has 1 atom stereocenters. The summed E-state index contributed by atoms with van der Waals surface area (Å²) in [4.78, 5) is 8.87. The highest BCUT2D eigenvalue weighted by molar-refractivity contribution is 5.37. The van der Waals surface area contributed by atoms with Crippen molar-refractivity contribution in [3.63, 3.8) is 0 Å². The van der Waals surface area contributed by atoms with Crippen molar-refractivity contribution in [3.05, 3.63) is 59.3 Å². The maximum Gasteiger partial charge on any atom is 0.139 e. The molecule has 0 saturated carbocycles. The predicted molar refractivity (Wildman–Crippen MR) is 102 cm³/mol. The molecule has 3 aromatic heterocycles. The molecule has 142 valence electrons. The standard InChI is InChI=1S/C19H25N7O/c1-23(2)18-5-4-14(11-20-18)12-25-8-9-26-15(13-25)10-16(22-26)19(27)17-6-7-21-24(17)3/h4-7,10-11,19,27H,8-9,12-13H2,1-3H3. The lowest BCUT2D eigenvalue weighted by Gasteiger charge is -2.27. The van der Waals surface area contributed by atoms with Crippen LogP contribution in [0.25, 0.3) is 0 Å². The van der Waals surface area contributed by atoms with E-state index in [0.717, 1.165) is 43.4 Å². The van der Waals surface area contributed by atoms with Crippen LogP contribution >= 0.6 is 0 Å². The van der Waals surface area contributed by atoms with Crippen molar-refractivity contribution in [2.24, 2.45) is 7.05 Å². The average Bonchev–Trinajstić information content (AvgIpc) is 3.27. The third kappa shape index (κ3) is 3.58. The summed E-state index contributed by atoms with van der Waals surface area (Å²) in [6.07, 6.45) is 2.87. The summed E-state index contributed by atoms with van der Waals surface area (Å²) >= 11 is 0. The first kappa shape index (κ1) is 17.7. The van der Waals surface area contributed by atoms with Gasteiger partial charge in [0.25, 0.3) is 0 Å². The fourth-order valence-corrected chi connectivity index (χ4v) is 3.45. The van der Waals surface area contributed by atoms with E-state index in [1.165, 1.54) is 5.56 Å². The van der Waals surface area contributed by atoms with E-state index in [9.17, 15) is 5.11 Å². The van der Waals surface area contributed by atoms with E-state index in [1.54, 1.807) is 10.9 Å². The van der Waals surface area contributed by atoms with Gasteiger partial charge in [-0.3, -0.25) is 14.3 Å². The van der Waals surface area contributed by atoms with Gasteiger partial charge in [0.05, 0.1) is 23.6 Å². The van der Waals surface area contributed by atoms with Gasteiger partial charge >= 0.3 is 0 Å². The zero-order valence-corrected chi connectivity index (χ0v) is 15.9. The van der Waals surface area contributed by atoms with E-state index in [4.69, 9.17) is 0 Å². The van der Waals surface area contributed by atoms with Crippen LogP contribution in [0.1, 0.15) is 28.7 Å². The molecule has 0 spiro atoms. The minimum absolute atomic E-state index is 0.674. The van der Waals surface area contributed by atoms with Crippen molar-refractivity contribution in [2.45, 2.75) is 25.7 Å². The molecule has 3 aromatic rings. The van der Waals surface area contributed by atoms with E-state index in [0.29, 0.717) is 5.69 Å². The maximum absolute atomic E-state index is 10.6. The van der Waals surface area contributed by atoms with Gasteiger partial charge in [-0.2, -0.15) is 10.2 Å². The summed E-state index contributed by atoms with van der Waals surface area (Å²) in [5.74, 6) is 0.962. The molecule has 4 heterocycles. The monoisotopic (exact) mass is 367 g/mol. The first-order valence-electron chi connectivity index (χ1n) is 9.08. The van der Waals surface area contributed by atoms with Gasteiger partial charge in [0, 0.05) is 53.2 Å². The van der Waals surface area contributed by atoms with Crippen molar-refractivity contribution < 1.29 is 5.11 Å². The van der Waals surface area contributed by atoms with Gasteiger partial charge in [-0.1, -0.05) is 6.07 Å². The second-order valence-electron chi connectivity index (χ2n) is 7.20. The third-order valence-corrected chi connectivity index (χ3v) is 4.99. The SMILES string of the molecule is CN(C)c1ccc(CN2CCn3nc(C(O)c4ccnn4C)cc3C2)cn1. The molecule has 4 rings (SSSR count). The summed E-state index contributed by atoms with van der Waals surface area (Å²) in [5, 5.41) is 19.3. The minimum atomic E-state index is -0.758. The van der Waals surface area contributed by atoms with Gasteiger partial charge < -0.3 is 10.0 Å². The number of fused-ring (bicyclic) bond motifs is 1. The zero-order chi connectivity index (χ0) is 19.0. The van der Waals surface area contributed by atoms with Crippen LogP contribution in [0.5, 0.6) is 0 Å². The summed E-state index contributed by atoms with van der Waals surface area (Å²) in [6.45, 7) is 3.40. The Morgan fingerprint density at radius 3 is 2.74 bits per heavy atom. The molecule has 0 bridgehead atoms. The Hall–Kier alpha value is -2.71. The van der Waals surface area contributed by atoms with Crippen molar-refractivity contribution >= 4 is 5.82 Å². The van der Waals surface area contributed by atoms with Crippen LogP contribution < -0.4 is 4.90 Å².